The van der Waals surface area contributed by atoms with Gasteiger partial charge in [0.1, 0.15) is 6.04 Å². The van der Waals surface area contributed by atoms with E-state index in [9.17, 15) is 14.4 Å². The number of hydrogen-bond acceptors (Lipinski definition) is 3. The molecular formula is C21H29N3O3. The van der Waals surface area contributed by atoms with E-state index in [1.807, 2.05) is 18.2 Å². The first-order chi connectivity index (χ1) is 13.0. The van der Waals surface area contributed by atoms with Gasteiger partial charge in [0.05, 0.1) is 5.92 Å². The van der Waals surface area contributed by atoms with Crippen molar-refractivity contribution in [3.8, 4) is 0 Å². The minimum absolute atomic E-state index is 0.0313. The first kappa shape index (κ1) is 19.4. The van der Waals surface area contributed by atoms with E-state index in [2.05, 4.69) is 30.5 Å². The van der Waals surface area contributed by atoms with E-state index in [1.54, 1.807) is 4.90 Å². The Hall–Kier alpha value is -2.37. The van der Waals surface area contributed by atoms with Gasteiger partial charge in [-0.1, -0.05) is 32.0 Å². The number of para-hydroxylation sites is 1. The van der Waals surface area contributed by atoms with Crippen LogP contribution in [0.3, 0.4) is 0 Å². The van der Waals surface area contributed by atoms with Gasteiger partial charge in [-0.05, 0) is 43.2 Å². The summed E-state index contributed by atoms with van der Waals surface area (Å²) in [6, 6.07) is 7.44. The monoisotopic (exact) mass is 371 g/mol. The molecule has 0 aromatic heterocycles. The summed E-state index contributed by atoms with van der Waals surface area (Å²) < 4.78 is 0. The third-order valence-corrected chi connectivity index (χ3v) is 5.72. The van der Waals surface area contributed by atoms with Crippen LogP contribution in [0.15, 0.2) is 24.3 Å². The summed E-state index contributed by atoms with van der Waals surface area (Å²) in [6.07, 6.45) is 3.66. The predicted octanol–water partition coefficient (Wildman–Crippen LogP) is 2.34. The van der Waals surface area contributed by atoms with Crippen LogP contribution in [-0.4, -0.2) is 36.9 Å². The largest absolute Gasteiger partial charge is 0.354 e. The van der Waals surface area contributed by atoms with Crippen LogP contribution in [0, 0.1) is 5.92 Å². The Labute approximate surface area is 160 Å². The molecule has 0 spiro atoms. The van der Waals surface area contributed by atoms with E-state index in [0.717, 1.165) is 30.5 Å². The van der Waals surface area contributed by atoms with Crippen LogP contribution in [0.25, 0.3) is 0 Å². The molecule has 146 valence electrons. The lowest BCUT2D eigenvalue weighted by Gasteiger charge is -2.23. The van der Waals surface area contributed by atoms with Crippen molar-refractivity contribution >= 4 is 23.4 Å². The maximum absolute atomic E-state index is 12.7. The van der Waals surface area contributed by atoms with E-state index < -0.39 is 12.0 Å². The number of carbonyl (C=O) groups is 3. The molecule has 2 fully saturated rings. The summed E-state index contributed by atoms with van der Waals surface area (Å²) in [7, 11) is 0. The molecule has 2 heterocycles. The van der Waals surface area contributed by atoms with Crippen molar-refractivity contribution in [2.24, 2.45) is 5.92 Å². The quantitative estimate of drug-likeness (QED) is 0.834. The van der Waals surface area contributed by atoms with Crippen LogP contribution in [0.4, 0.5) is 5.69 Å². The highest BCUT2D eigenvalue weighted by Crippen LogP contribution is 2.33. The SMILES string of the molecule is CC[C@H](C)c1ccccc1N1C[C@H](C(=O)N[C@@H]2CCCCNC2=O)CC1=O. The molecule has 0 unspecified atom stereocenters. The van der Waals surface area contributed by atoms with Gasteiger partial charge in [0.25, 0.3) is 0 Å². The second kappa shape index (κ2) is 8.55. The van der Waals surface area contributed by atoms with E-state index in [0.29, 0.717) is 25.4 Å². The summed E-state index contributed by atoms with van der Waals surface area (Å²) in [6.45, 7) is 5.30. The average molecular weight is 371 g/mol. The molecule has 2 aliphatic heterocycles. The number of nitrogens with zero attached hydrogens (tertiary/aromatic N) is 1. The van der Waals surface area contributed by atoms with Crippen LogP contribution in [0.5, 0.6) is 0 Å². The number of benzene rings is 1. The van der Waals surface area contributed by atoms with Gasteiger partial charge in [0.2, 0.25) is 17.7 Å². The molecule has 1 aromatic carbocycles. The van der Waals surface area contributed by atoms with Crippen molar-refractivity contribution in [3.05, 3.63) is 29.8 Å². The Balaban J connectivity index is 1.70. The highest BCUT2D eigenvalue weighted by atomic mass is 16.2. The topological polar surface area (TPSA) is 78.5 Å². The van der Waals surface area contributed by atoms with Gasteiger partial charge < -0.3 is 15.5 Å². The zero-order valence-electron chi connectivity index (χ0n) is 16.2. The fraction of sp³-hybridized carbons (Fsp3) is 0.571. The van der Waals surface area contributed by atoms with Gasteiger partial charge in [-0.2, -0.15) is 0 Å². The number of nitrogens with one attached hydrogen (secondary N) is 2. The molecule has 0 bridgehead atoms. The van der Waals surface area contributed by atoms with E-state index >= 15 is 0 Å². The number of amides is 3. The second-order valence-electron chi connectivity index (χ2n) is 7.62. The van der Waals surface area contributed by atoms with Crippen LogP contribution in [0.1, 0.15) is 57.4 Å². The fourth-order valence-electron chi connectivity index (χ4n) is 3.85. The summed E-state index contributed by atoms with van der Waals surface area (Å²) in [5.41, 5.74) is 2.04. The number of carbonyl (C=O) groups excluding carboxylic acids is 3. The number of rotatable bonds is 5. The molecular weight excluding hydrogens is 342 g/mol. The summed E-state index contributed by atoms with van der Waals surface area (Å²) in [5.74, 6) is -0.426. The van der Waals surface area contributed by atoms with Gasteiger partial charge in [-0.25, -0.2) is 0 Å². The van der Waals surface area contributed by atoms with Crippen molar-refractivity contribution in [2.45, 2.75) is 57.9 Å². The zero-order valence-corrected chi connectivity index (χ0v) is 16.2. The lowest BCUT2D eigenvalue weighted by atomic mass is 9.96. The maximum atomic E-state index is 12.7. The Morgan fingerprint density at radius 2 is 2.07 bits per heavy atom. The smallest absolute Gasteiger partial charge is 0.242 e. The highest BCUT2D eigenvalue weighted by molar-refractivity contribution is 6.01. The first-order valence-electron chi connectivity index (χ1n) is 9.98. The average Bonchev–Trinajstić information content (AvgIpc) is 2.96. The molecule has 3 rings (SSSR count). The molecule has 0 radical (unpaired) electrons. The third-order valence-electron chi connectivity index (χ3n) is 5.72. The zero-order chi connectivity index (χ0) is 19.4. The van der Waals surface area contributed by atoms with Crippen molar-refractivity contribution in [3.63, 3.8) is 0 Å². The second-order valence-corrected chi connectivity index (χ2v) is 7.62. The molecule has 1 aromatic rings. The van der Waals surface area contributed by atoms with Gasteiger partial charge >= 0.3 is 0 Å². The van der Waals surface area contributed by atoms with Crippen molar-refractivity contribution < 1.29 is 14.4 Å². The molecule has 6 nitrogen and oxygen atoms in total. The van der Waals surface area contributed by atoms with Gasteiger partial charge in [0, 0.05) is 25.2 Å². The van der Waals surface area contributed by atoms with Crippen LogP contribution >= 0.6 is 0 Å². The van der Waals surface area contributed by atoms with Gasteiger partial charge in [-0.15, -0.1) is 0 Å². The standard InChI is InChI=1S/C21H29N3O3/c1-3-14(2)16-8-4-5-10-18(16)24-13-15(12-19(24)25)20(26)23-17-9-6-7-11-22-21(17)27/h4-5,8,10,14-15,17H,3,6-7,9,11-13H2,1-2H3,(H,22,27)(H,23,26)/t14-,15+,17+/m0/s1. The molecule has 2 N–H and O–H groups in total. The predicted molar refractivity (Wildman–Crippen MR) is 104 cm³/mol. The number of anilines is 1. The number of hydrogen-bond donors (Lipinski definition) is 2. The molecule has 3 atom stereocenters. The fourth-order valence-corrected chi connectivity index (χ4v) is 3.85. The summed E-state index contributed by atoms with van der Waals surface area (Å²) in [4.78, 5) is 39.1. The molecule has 2 aliphatic rings. The molecule has 27 heavy (non-hydrogen) atoms. The van der Waals surface area contributed by atoms with Crippen LogP contribution < -0.4 is 15.5 Å². The molecule has 0 aliphatic carbocycles. The van der Waals surface area contributed by atoms with E-state index in [4.69, 9.17) is 0 Å². The Morgan fingerprint density at radius 1 is 1.30 bits per heavy atom. The Bertz CT molecular complexity index is 718. The normalized spacial score (nSPS) is 24.3. The third kappa shape index (κ3) is 4.31. The van der Waals surface area contributed by atoms with Crippen LogP contribution in [0.2, 0.25) is 0 Å². The van der Waals surface area contributed by atoms with Crippen molar-refractivity contribution in [2.75, 3.05) is 18.0 Å². The van der Waals surface area contributed by atoms with Gasteiger partial charge in [0.15, 0.2) is 0 Å². The lowest BCUT2D eigenvalue weighted by Crippen LogP contribution is -2.47. The minimum atomic E-state index is -0.489. The summed E-state index contributed by atoms with van der Waals surface area (Å²) in [5, 5.41) is 5.69. The lowest BCUT2D eigenvalue weighted by molar-refractivity contribution is -0.131. The summed E-state index contributed by atoms with van der Waals surface area (Å²) >= 11 is 0. The Morgan fingerprint density at radius 3 is 2.85 bits per heavy atom. The molecule has 2 saturated heterocycles. The van der Waals surface area contributed by atoms with Crippen LogP contribution in [-0.2, 0) is 14.4 Å². The Kier molecular flexibility index (Phi) is 6.14. The molecule has 3 amide bonds. The van der Waals surface area contributed by atoms with Crippen molar-refractivity contribution in [1.29, 1.82) is 0 Å². The van der Waals surface area contributed by atoms with E-state index in [1.165, 1.54) is 0 Å². The molecule has 0 saturated carbocycles. The van der Waals surface area contributed by atoms with E-state index in [-0.39, 0.29) is 24.1 Å². The minimum Gasteiger partial charge on any atom is -0.354 e. The highest BCUT2D eigenvalue weighted by Gasteiger charge is 2.37. The maximum Gasteiger partial charge on any atom is 0.242 e. The van der Waals surface area contributed by atoms with Crippen molar-refractivity contribution in [1.82, 2.24) is 10.6 Å². The molecule has 6 heteroatoms. The first-order valence-corrected chi connectivity index (χ1v) is 9.98. The van der Waals surface area contributed by atoms with Gasteiger partial charge in [-0.3, -0.25) is 14.4 Å².